The molecular formula is C28H34Cl2N6O2. The van der Waals surface area contributed by atoms with Crippen molar-refractivity contribution < 1.29 is 9.59 Å². The van der Waals surface area contributed by atoms with E-state index in [9.17, 15) is 9.59 Å². The molecule has 1 aromatic heterocycles. The molecule has 8 nitrogen and oxygen atoms in total. The largest absolute Gasteiger partial charge is 0.341 e. The van der Waals surface area contributed by atoms with E-state index in [0.717, 1.165) is 36.5 Å². The number of urea groups is 1. The van der Waals surface area contributed by atoms with Gasteiger partial charge in [0.05, 0.1) is 33.5 Å². The first-order valence-corrected chi connectivity index (χ1v) is 13.3. The number of carbonyl (C=O) groups excluding carboxylic acids is 2. The summed E-state index contributed by atoms with van der Waals surface area (Å²) in [5.74, 6) is 0.635. The minimum atomic E-state index is -0.473. The van der Waals surface area contributed by atoms with Crippen LogP contribution in [-0.2, 0) is 16.6 Å². The molecule has 1 aliphatic rings. The van der Waals surface area contributed by atoms with Crippen molar-refractivity contribution in [3.05, 3.63) is 69.8 Å². The van der Waals surface area contributed by atoms with Gasteiger partial charge in [-0.1, -0.05) is 62.2 Å². The number of halogens is 2. The maximum absolute atomic E-state index is 12.8. The highest BCUT2D eigenvalue weighted by molar-refractivity contribution is 6.44. The minimum Gasteiger partial charge on any atom is -0.341 e. The summed E-state index contributed by atoms with van der Waals surface area (Å²) < 4.78 is 1.69. The van der Waals surface area contributed by atoms with Gasteiger partial charge < -0.3 is 15.1 Å². The lowest BCUT2D eigenvalue weighted by Crippen LogP contribution is -2.35. The van der Waals surface area contributed by atoms with Gasteiger partial charge in [-0.2, -0.15) is 5.10 Å². The molecule has 4 rings (SSSR count). The average Bonchev–Trinajstić information content (AvgIpc) is 3.51. The van der Waals surface area contributed by atoms with E-state index in [-0.39, 0.29) is 16.3 Å². The topological polar surface area (TPSA) is 82.5 Å². The van der Waals surface area contributed by atoms with Gasteiger partial charge in [0.15, 0.2) is 0 Å². The van der Waals surface area contributed by atoms with E-state index in [1.54, 1.807) is 22.9 Å². The van der Waals surface area contributed by atoms with Crippen molar-refractivity contribution >= 4 is 46.6 Å². The number of anilines is 2. The number of likely N-dealkylation sites (N-methyl/N-ethyl adjacent to an activating group) is 1. The van der Waals surface area contributed by atoms with Crippen molar-refractivity contribution in [1.29, 1.82) is 0 Å². The van der Waals surface area contributed by atoms with Crippen LogP contribution >= 0.6 is 23.2 Å². The monoisotopic (exact) mass is 556 g/mol. The Bertz CT molecular complexity index is 1310. The molecule has 1 atom stereocenters. The molecule has 3 amide bonds. The Hall–Kier alpha value is -3.07. The Morgan fingerprint density at radius 1 is 1.08 bits per heavy atom. The van der Waals surface area contributed by atoms with Crippen LogP contribution in [0.2, 0.25) is 10.0 Å². The zero-order valence-electron chi connectivity index (χ0n) is 22.4. The second-order valence-electron chi connectivity index (χ2n) is 10.8. The highest BCUT2D eigenvalue weighted by Crippen LogP contribution is 2.30. The third-order valence-electron chi connectivity index (χ3n) is 6.70. The van der Waals surface area contributed by atoms with Crippen molar-refractivity contribution in [1.82, 2.24) is 19.6 Å². The number of amides is 3. The highest BCUT2D eigenvalue weighted by Gasteiger charge is 2.27. The summed E-state index contributed by atoms with van der Waals surface area (Å²) in [6.07, 6.45) is 1.35. The molecule has 0 bridgehead atoms. The summed E-state index contributed by atoms with van der Waals surface area (Å²) >= 11 is 12.3. The van der Waals surface area contributed by atoms with Gasteiger partial charge in [0.2, 0.25) is 5.91 Å². The number of carbonyl (C=O) groups is 2. The number of nitrogens with zero attached hydrogens (tertiary/aromatic N) is 4. The molecule has 0 radical (unpaired) electrons. The molecule has 0 unspecified atom stereocenters. The Balaban J connectivity index is 1.51. The van der Waals surface area contributed by atoms with Crippen LogP contribution in [-0.4, -0.2) is 64.7 Å². The number of nitrogens with one attached hydrogen (secondary N) is 2. The lowest BCUT2D eigenvalue weighted by atomic mass is 9.92. The molecule has 1 fully saturated rings. The van der Waals surface area contributed by atoms with Gasteiger partial charge in [0, 0.05) is 30.6 Å². The summed E-state index contributed by atoms with van der Waals surface area (Å²) in [5.41, 5.74) is 2.68. The molecule has 0 saturated carbocycles. The van der Waals surface area contributed by atoms with Crippen LogP contribution in [0.25, 0.3) is 5.69 Å². The van der Waals surface area contributed by atoms with Crippen LogP contribution in [0.1, 0.15) is 38.4 Å². The smallest absolute Gasteiger partial charge is 0.324 e. The van der Waals surface area contributed by atoms with E-state index in [1.165, 1.54) is 0 Å². The van der Waals surface area contributed by atoms with E-state index < -0.39 is 6.03 Å². The summed E-state index contributed by atoms with van der Waals surface area (Å²) in [5, 5.41) is 11.0. The summed E-state index contributed by atoms with van der Waals surface area (Å²) in [6.45, 7) is 7.74. The van der Waals surface area contributed by atoms with Gasteiger partial charge in [-0.3, -0.25) is 10.1 Å². The number of benzene rings is 2. The first-order chi connectivity index (χ1) is 17.9. The fraction of sp³-hybridized carbons (Fsp3) is 0.393. The van der Waals surface area contributed by atoms with E-state index in [1.807, 2.05) is 35.2 Å². The quantitative estimate of drug-likeness (QED) is 0.400. The molecule has 38 heavy (non-hydrogen) atoms. The molecule has 2 aromatic carbocycles. The van der Waals surface area contributed by atoms with Crippen LogP contribution in [0.3, 0.4) is 0 Å². The number of aromatic nitrogens is 2. The molecule has 2 N–H and O–H groups in total. The van der Waals surface area contributed by atoms with Crippen molar-refractivity contribution in [2.24, 2.45) is 0 Å². The Morgan fingerprint density at radius 2 is 1.79 bits per heavy atom. The van der Waals surface area contributed by atoms with Gasteiger partial charge in [0.1, 0.15) is 5.82 Å². The van der Waals surface area contributed by atoms with Crippen LogP contribution < -0.4 is 10.6 Å². The fourth-order valence-corrected chi connectivity index (χ4v) is 4.68. The first kappa shape index (κ1) is 28.0. The summed E-state index contributed by atoms with van der Waals surface area (Å²) in [6, 6.07) is 14.5. The van der Waals surface area contributed by atoms with Gasteiger partial charge in [-0.05, 0) is 50.3 Å². The predicted octanol–water partition coefficient (Wildman–Crippen LogP) is 5.83. The molecule has 0 aliphatic carbocycles. The summed E-state index contributed by atoms with van der Waals surface area (Å²) in [7, 11) is 4.10. The molecule has 2 heterocycles. The predicted molar refractivity (Wildman–Crippen MR) is 154 cm³/mol. The Morgan fingerprint density at radius 3 is 2.42 bits per heavy atom. The van der Waals surface area contributed by atoms with Gasteiger partial charge >= 0.3 is 6.03 Å². The first-order valence-electron chi connectivity index (χ1n) is 12.6. The van der Waals surface area contributed by atoms with Gasteiger partial charge in [-0.25, -0.2) is 9.48 Å². The molecular weight excluding hydrogens is 523 g/mol. The van der Waals surface area contributed by atoms with Crippen molar-refractivity contribution in [3.63, 3.8) is 0 Å². The van der Waals surface area contributed by atoms with E-state index >= 15 is 0 Å². The highest BCUT2D eigenvalue weighted by atomic mass is 35.5. The maximum Gasteiger partial charge on any atom is 0.324 e. The third kappa shape index (κ3) is 6.49. The van der Waals surface area contributed by atoms with Crippen molar-refractivity contribution in [3.8, 4) is 5.69 Å². The van der Waals surface area contributed by atoms with Gasteiger partial charge in [0.25, 0.3) is 0 Å². The van der Waals surface area contributed by atoms with Gasteiger partial charge in [-0.15, -0.1) is 0 Å². The molecule has 1 aliphatic heterocycles. The lowest BCUT2D eigenvalue weighted by molar-refractivity contribution is -0.129. The molecule has 3 aromatic rings. The number of hydrogen-bond acceptors (Lipinski definition) is 4. The Kier molecular flexibility index (Phi) is 8.35. The maximum atomic E-state index is 12.8. The molecule has 0 spiro atoms. The van der Waals surface area contributed by atoms with Crippen LogP contribution in [0.5, 0.6) is 0 Å². The second-order valence-corrected chi connectivity index (χ2v) is 11.6. The molecule has 202 valence electrons. The fourth-order valence-electron chi connectivity index (χ4n) is 4.33. The van der Waals surface area contributed by atoms with Crippen molar-refractivity contribution in [2.75, 3.05) is 37.8 Å². The molecule has 10 heteroatoms. The average molecular weight is 558 g/mol. The standard InChI is InChI=1S/C28H34Cl2N6O2/c1-28(2,3)23-16-24(32-27(38)31-22-8-6-7-21(29)26(22)30)36(33-23)19-11-9-18(10-12-19)15-25(37)35-14-13-20(17-35)34(4)5/h6-12,16,20H,13-15,17H2,1-5H3,(H2,31,32,38)/t20-/m0/s1. The number of likely N-dealkylation sites (tertiary alicyclic amines) is 1. The van der Waals surface area contributed by atoms with E-state index in [2.05, 4.69) is 50.4 Å². The Labute approximate surface area is 233 Å². The van der Waals surface area contributed by atoms with E-state index in [4.69, 9.17) is 28.3 Å². The zero-order chi connectivity index (χ0) is 27.6. The normalized spacial score (nSPS) is 15.7. The van der Waals surface area contributed by atoms with Crippen LogP contribution in [0.4, 0.5) is 16.3 Å². The molecule has 1 saturated heterocycles. The lowest BCUT2D eigenvalue weighted by Gasteiger charge is -2.20. The number of rotatable bonds is 6. The zero-order valence-corrected chi connectivity index (χ0v) is 23.9. The third-order valence-corrected chi connectivity index (χ3v) is 7.52. The van der Waals surface area contributed by atoms with Crippen molar-refractivity contribution in [2.45, 2.75) is 45.1 Å². The SMILES string of the molecule is CN(C)[C@H]1CCN(C(=O)Cc2ccc(-n3nc(C(C)(C)C)cc3NC(=O)Nc3cccc(Cl)c3Cl)cc2)C1. The van der Waals surface area contributed by atoms with Crippen LogP contribution in [0.15, 0.2) is 48.5 Å². The van der Waals surface area contributed by atoms with Crippen LogP contribution in [0, 0.1) is 0 Å². The second kappa shape index (κ2) is 11.4. The minimum absolute atomic E-state index is 0.134. The number of hydrogen-bond donors (Lipinski definition) is 2. The summed E-state index contributed by atoms with van der Waals surface area (Å²) in [4.78, 5) is 29.8. The van der Waals surface area contributed by atoms with E-state index in [0.29, 0.717) is 29.0 Å².